The third-order valence-corrected chi connectivity index (χ3v) is 5.63. The summed E-state index contributed by atoms with van der Waals surface area (Å²) in [5, 5.41) is 0.511. The molecule has 32 heavy (non-hydrogen) atoms. The second kappa shape index (κ2) is 8.75. The first-order valence-corrected chi connectivity index (χ1v) is 10.6. The van der Waals surface area contributed by atoms with Crippen LogP contribution in [0.1, 0.15) is 41.6 Å². The smallest absolute Gasteiger partial charge is 0.266 e. The van der Waals surface area contributed by atoms with E-state index in [1.807, 2.05) is 57.2 Å². The van der Waals surface area contributed by atoms with Crippen molar-refractivity contribution in [3.05, 3.63) is 106 Å². The van der Waals surface area contributed by atoms with Crippen molar-refractivity contribution in [2.75, 3.05) is 6.54 Å². The molecule has 0 saturated carbocycles. The molecule has 0 aliphatic heterocycles. The minimum Gasteiger partial charge on any atom is -0.329 e. The lowest BCUT2D eigenvalue weighted by atomic mass is 10.1. The zero-order chi connectivity index (χ0) is 22.8. The van der Waals surface area contributed by atoms with Crippen LogP contribution < -0.4 is 5.56 Å². The van der Waals surface area contributed by atoms with E-state index in [1.54, 1.807) is 21.6 Å². The highest BCUT2D eigenvalue weighted by atomic mass is 19.1. The molecule has 1 heterocycles. The second-order valence-electron chi connectivity index (χ2n) is 7.74. The number of benzene rings is 3. The fraction of sp³-hybridized carbons (Fsp3) is 0.192. The van der Waals surface area contributed by atoms with Crippen molar-refractivity contribution in [2.45, 2.75) is 26.8 Å². The minimum atomic E-state index is -0.504. The Kier molecular flexibility index (Phi) is 5.86. The molecule has 0 aliphatic carbocycles. The van der Waals surface area contributed by atoms with Crippen molar-refractivity contribution in [3.63, 3.8) is 0 Å². The summed E-state index contributed by atoms with van der Waals surface area (Å²) >= 11 is 0. The van der Waals surface area contributed by atoms with E-state index in [0.29, 0.717) is 34.5 Å². The first kappa shape index (κ1) is 21.4. The van der Waals surface area contributed by atoms with Crippen LogP contribution in [0.2, 0.25) is 0 Å². The number of fused-ring (bicyclic) bond motifs is 1. The van der Waals surface area contributed by atoms with Crippen molar-refractivity contribution in [2.24, 2.45) is 0 Å². The molecule has 5 nitrogen and oxygen atoms in total. The molecule has 1 atom stereocenters. The van der Waals surface area contributed by atoms with Crippen molar-refractivity contribution in [1.29, 1.82) is 0 Å². The van der Waals surface area contributed by atoms with Gasteiger partial charge in [0.2, 0.25) is 0 Å². The molecule has 0 spiro atoms. The molecule has 4 rings (SSSR count). The molecule has 1 aromatic heterocycles. The van der Waals surface area contributed by atoms with Crippen LogP contribution in [0.3, 0.4) is 0 Å². The van der Waals surface area contributed by atoms with Crippen LogP contribution in [0.15, 0.2) is 77.6 Å². The van der Waals surface area contributed by atoms with E-state index in [1.165, 1.54) is 24.3 Å². The van der Waals surface area contributed by atoms with E-state index in [0.717, 1.165) is 5.56 Å². The summed E-state index contributed by atoms with van der Waals surface area (Å²) in [4.78, 5) is 33.2. The standard InChI is InChI=1S/C26H24FN3O2/c1-4-29(25(31)19-11-13-20(27)14-12-19)18(3)24-28-23-8-6-5-7-22(23)26(32)30(24)21-15-9-17(2)10-16-21/h5-16,18H,4H2,1-3H3. The van der Waals surface area contributed by atoms with Crippen molar-refractivity contribution in [1.82, 2.24) is 14.5 Å². The van der Waals surface area contributed by atoms with E-state index in [4.69, 9.17) is 4.98 Å². The third kappa shape index (κ3) is 3.91. The van der Waals surface area contributed by atoms with Gasteiger partial charge in [0.05, 0.1) is 22.6 Å². The molecule has 3 aromatic carbocycles. The molecule has 162 valence electrons. The summed E-state index contributed by atoms with van der Waals surface area (Å²) < 4.78 is 14.9. The molecule has 0 fully saturated rings. The van der Waals surface area contributed by atoms with Crippen LogP contribution in [-0.2, 0) is 0 Å². The minimum absolute atomic E-state index is 0.188. The lowest BCUT2D eigenvalue weighted by Gasteiger charge is -2.29. The fourth-order valence-corrected chi connectivity index (χ4v) is 3.86. The number of carbonyl (C=O) groups is 1. The van der Waals surface area contributed by atoms with Gasteiger partial charge in [-0.05, 0) is 69.3 Å². The van der Waals surface area contributed by atoms with Gasteiger partial charge in [-0.3, -0.25) is 14.2 Å². The van der Waals surface area contributed by atoms with E-state index < -0.39 is 11.9 Å². The average Bonchev–Trinajstić information content (AvgIpc) is 2.80. The van der Waals surface area contributed by atoms with Gasteiger partial charge in [-0.2, -0.15) is 0 Å². The Morgan fingerprint density at radius 1 is 1.03 bits per heavy atom. The van der Waals surface area contributed by atoms with Crippen LogP contribution in [0.25, 0.3) is 16.6 Å². The number of aryl methyl sites for hydroxylation is 1. The van der Waals surface area contributed by atoms with E-state index in [2.05, 4.69) is 0 Å². The summed E-state index contributed by atoms with van der Waals surface area (Å²) in [5.74, 6) is -0.185. The Morgan fingerprint density at radius 2 is 1.69 bits per heavy atom. The van der Waals surface area contributed by atoms with Gasteiger partial charge in [0.1, 0.15) is 11.6 Å². The van der Waals surface area contributed by atoms with E-state index in [-0.39, 0.29) is 11.5 Å². The van der Waals surface area contributed by atoms with Crippen LogP contribution >= 0.6 is 0 Å². The van der Waals surface area contributed by atoms with Crippen LogP contribution in [0.4, 0.5) is 4.39 Å². The number of carbonyl (C=O) groups excluding carboxylic acids is 1. The van der Waals surface area contributed by atoms with Gasteiger partial charge in [-0.15, -0.1) is 0 Å². The maximum absolute atomic E-state index is 13.5. The van der Waals surface area contributed by atoms with Gasteiger partial charge in [0.25, 0.3) is 11.5 Å². The summed E-state index contributed by atoms with van der Waals surface area (Å²) in [6, 6.07) is 19.8. The lowest BCUT2D eigenvalue weighted by molar-refractivity contribution is 0.0693. The number of hydrogen-bond acceptors (Lipinski definition) is 3. The molecule has 0 saturated heterocycles. The zero-order valence-corrected chi connectivity index (χ0v) is 18.2. The lowest BCUT2D eigenvalue weighted by Crippen LogP contribution is -2.37. The normalized spacial score (nSPS) is 12.0. The molecule has 0 N–H and O–H groups in total. The highest BCUT2D eigenvalue weighted by Crippen LogP contribution is 2.24. The maximum Gasteiger partial charge on any atom is 0.266 e. The molecular formula is C26H24FN3O2. The quantitative estimate of drug-likeness (QED) is 0.446. The van der Waals surface area contributed by atoms with E-state index in [9.17, 15) is 14.0 Å². The van der Waals surface area contributed by atoms with Gasteiger partial charge in [-0.1, -0.05) is 29.8 Å². The van der Waals surface area contributed by atoms with Gasteiger partial charge in [-0.25, -0.2) is 9.37 Å². The van der Waals surface area contributed by atoms with E-state index >= 15 is 0 Å². The Labute approximate surface area is 185 Å². The van der Waals surface area contributed by atoms with Crippen molar-refractivity contribution >= 4 is 16.8 Å². The van der Waals surface area contributed by atoms with Gasteiger partial charge >= 0.3 is 0 Å². The Bertz CT molecular complexity index is 1330. The number of halogens is 1. The van der Waals surface area contributed by atoms with Crippen molar-refractivity contribution < 1.29 is 9.18 Å². The summed E-state index contributed by atoms with van der Waals surface area (Å²) in [7, 11) is 0. The van der Waals surface area contributed by atoms with Gasteiger partial charge in [0, 0.05) is 12.1 Å². The predicted molar refractivity (Wildman–Crippen MR) is 124 cm³/mol. The van der Waals surface area contributed by atoms with Gasteiger partial charge in [0.15, 0.2) is 0 Å². The summed E-state index contributed by atoms with van der Waals surface area (Å²) in [6.07, 6.45) is 0. The van der Waals surface area contributed by atoms with Crippen LogP contribution in [0, 0.1) is 12.7 Å². The molecule has 0 aliphatic rings. The molecule has 1 amide bonds. The number of nitrogens with zero attached hydrogens (tertiary/aromatic N) is 3. The molecular weight excluding hydrogens is 405 g/mol. The molecule has 6 heteroatoms. The SMILES string of the molecule is CCN(C(=O)c1ccc(F)cc1)C(C)c1nc2ccccc2c(=O)n1-c1ccc(C)cc1. The maximum atomic E-state index is 13.5. The summed E-state index contributed by atoms with van der Waals surface area (Å²) in [6.45, 7) is 6.10. The number of rotatable bonds is 5. The van der Waals surface area contributed by atoms with Crippen molar-refractivity contribution in [3.8, 4) is 5.69 Å². The van der Waals surface area contributed by atoms with Crippen LogP contribution in [0.5, 0.6) is 0 Å². The zero-order valence-electron chi connectivity index (χ0n) is 18.2. The van der Waals surface area contributed by atoms with Crippen LogP contribution in [-0.4, -0.2) is 26.9 Å². The molecule has 0 radical (unpaired) electrons. The number of amides is 1. The predicted octanol–water partition coefficient (Wildman–Crippen LogP) is 5.06. The third-order valence-electron chi connectivity index (χ3n) is 5.63. The topological polar surface area (TPSA) is 55.2 Å². The second-order valence-corrected chi connectivity index (χ2v) is 7.74. The Balaban J connectivity index is 1.88. The van der Waals surface area contributed by atoms with Gasteiger partial charge < -0.3 is 4.90 Å². The molecule has 1 unspecified atom stereocenters. The molecule has 0 bridgehead atoms. The Morgan fingerprint density at radius 3 is 2.34 bits per heavy atom. The number of aromatic nitrogens is 2. The number of para-hydroxylation sites is 1. The summed E-state index contributed by atoms with van der Waals surface area (Å²) in [5.41, 5.74) is 2.53. The first-order chi connectivity index (χ1) is 15.4. The Hall–Kier alpha value is -3.80. The molecule has 4 aromatic rings. The largest absolute Gasteiger partial charge is 0.329 e. The first-order valence-electron chi connectivity index (χ1n) is 10.6. The number of hydrogen-bond donors (Lipinski definition) is 0. The monoisotopic (exact) mass is 429 g/mol. The highest BCUT2D eigenvalue weighted by Gasteiger charge is 2.26. The fourth-order valence-electron chi connectivity index (χ4n) is 3.86. The average molecular weight is 429 g/mol. The highest BCUT2D eigenvalue weighted by molar-refractivity contribution is 5.94.